The summed E-state index contributed by atoms with van der Waals surface area (Å²) in [5, 5.41) is 2.99. The summed E-state index contributed by atoms with van der Waals surface area (Å²) < 4.78 is 5.29. The molecule has 0 fully saturated rings. The second kappa shape index (κ2) is 23.3. The third kappa shape index (κ3) is 25.7. The predicted molar refractivity (Wildman–Crippen MR) is 153 cm³/mol. The van der Waals surface area contributed by atoms with E-state index >= 15 is 0 Å². The van der Waals surface area contributed by atoms with Crippen molar-refractivity contribution in [1.29, 1.82) is 0 Å². The molecule has 0 aromatic rings. The van der Waals surface area contributed by atoms with Gasteiger partial charge in [0.25, 0.3) is 0 Å². The van der Waals surface area contributed by atoms with Gasteiger partial charge < -0.3 is 15.8 Å². The Hall–Kier alpha value is -1.14. The second-order valence-electron chi connectivity index (χ2n) is 11.3. The van der Waals surface area contributed by atoms with Gasteiger partial charge in [-0.15, -0.1) is 0 Å². The van der Waals surface area contributed by atoms with Crippen LogP contribution in [0.3, 0.4) is 0 Å². The van der Waals surface area contributed by atoms with Crippen molar-refractivity contribution in [2.24, 2.45) is 5.73 Å². The van der Waals surface area contributed by atoms with Crippen molar-refractivity contribution < 1.29 is 14.3 Å². The van der Waals surface area contributed by atoms with E-state index in [9.17, 15) is 9.59 Å². The van der Waals surface area contributed by atoms with Gasteiger partial charge in [-0.3, -0.25) is 9.59 Å². The average molecular weight is 511 g/mol. The predicted octanol–water partition coefficient (Wildman–Crippen LogP) is 7.52. The zero-order valence-corrected chi connectivity index (χ0v) is 24.7. The molecule has 0 spiro atoms. The maximum atomic E-state index is 12.0. The van der Waals surface area contributed by atoms with Gasteiger partial charge in [0.15, 0.2) is 0 Å². The van der Waals surface area contributed by atoms with Crippen LogP contribution < -0.4 is 11.1 Å². The van der Waals surface area contributed by atoms with Crippen LogP contribution in [0.4, 0.5) is 0 Å². The zero-order chi connectivity index (χ0) is 26.2. The SMILES string of the molecule is CCCCCCCC/C=C\CCCCCCCC(=O)NCCCC[C@H](N)C(=O)OCC[Si](C)(C)C. The van der Waals surface area contributed by atoms with Crippen molar-refractivity contribution in [3.05, 3.63) is 12.2 Å². The number of allylic oxidation sites excluding steroid dienone is 2. The minimum atomic E-state index is -1.20. The number of hydrogen-bond donors (Lipinski definition) is 2. The highest BCUT2D eigenvalue weighted by molar-refractivity contribution is 6.76. The van der Waals surface area contributed by atoms with Crippen molar-refractivity contribution in [2.75, 3.05) is 13.2 Å². The fourth-order valence-corrected chi connectivity index (χ4v) is 4.56. The van der Waals surface area contributed by atoms with Crippen LogP contribution in [0, 0.1) is 0 Å². The molecule has 206 valence electrons. The molecule has 1 atom stereocenters. The Morgan fingerprint density at radius 1 is 0.829 bits per heavy atom. The van der Waals surface area contributed by atoms with Gasteiger partial charge in [0.1, 0.15) is 6.04 Å². The minimum Gasteiger partial charge on any atom is -0.465 e. The number of unbranched alkanes of at least 4 members (excludes halogenated alkanes) is 12. The Kier molecular flexibility index (Phi) is 22.5. The molecular formula is C29H58N2O3Si. The molecule has 0 aromatic carbocycles. The van der Waals surface area contributed by atoms with Crippen molar-refractivity contribution in [3.63, 3.8) is 0 Å². The van der Waals surface area contributed by atoms with Crippen LogP contribution in [0.1, 0.15) is 116 Å². The summed E-state index contributed by atoms with van der Waals surface area (Å²) in [6.45, 7) is 10.2. The summed E-state index contributed by atoms with van der Waals surface area (Å²) in [5.74, 6) is -0.158. The van der Waals surface area contributed by atoms with E-state index in [4.69, 9.17) is 10.5 Å². The number of nitrogens with two attached hydrogens (primary N) is 1. The number of hydrogen-bond acceptors (Lipinski definition) is 4. The monoisotopic (exact) mass is 510 g/mol. The van der Waals surface area contributed by atoms with Gasteiger partial charge in [-0.25, -0.2) is 0 Å². The number of carbonyl (C=O) groups excluding carboxylic acids is 2. The number of carbonyl (C=O) groups is 2. The smallest absolute Gasteiger partial charge is 0.322 e. The Bertz CT molecular complexity index is 547. The van der Waals surface area contributed by atoms with Gasteiger partial charge in [0, 0.05) is 21.0 Å². The van der Waals surface area contributed by atoms with E-state index in [0.29, 0.717) is 26.0 Å². The summed E-state index contributed by atoms with van der Waals surface area (Å²) >= 11 is 0. The Balaban J connectivity index is 3.45. The fraction of sp³-hybridized carbons (Fsp3) is 0.862. The van der Waals surface area contributed by atoms with Gasteiger partial charge in [-0.2, -0.15) is 0 Å². The summed E-state index contributed by atoms with van der Waals surface area (Å²) in [7, 11) is -1.20. The maximum Gasteiger partial charge on any atom is 0.322 e. The molecule has 0 radical (unpaired) electrons. The highest BCUT2D eigenvalue weighted by Gasteiger charge is 2.17. The van der Waals surface area contributed by atoms with Gasteiger partial charge in [0.05, 0.1) is 6.61 Å². The molecule has 0 saturated carbocycles. The molecule has 0 unspecified atom stereocenters. The molecule has 35 heavy (non-hydrogen) atoms. The molecule has 0 heterocycles. The summed E-state index contributed by atoms with van der Waals surface area (Å²) in [5.41, 5.74) is 5.93. The van der Waals surface area contributed by atoms with Crippen molar-refractivity contribution in [3.8, 4) is 0 Å². The van der Waals surface area contributed by atoms with Gasteiger partial charge >= 0.3 is 5.97 Å². The first-order valence-corrected chi connectivity index (χ1v) is 18.3. The van der Waals surface area contributed by atoms with Crippen LogP contribution in [0.2, 0.25) is 25.7 Å². The first-order valence-electron chi connectivity index (χ1n) is 14.6. The third-order valence-electron chi connectivity index (χ3n) is 6.33. The topological polar surface area (TPSA) is 81.4 Å². The van der Waals surface area contributed by atoms with Crippen molar-refractivity contribution in [1.82, 2.24) is 5.32 Å². The third-order valence-corrected chi connectivity index (χ3v) is 8.03. The van der Waals surface area contributed by atoms with Crippen LogP contribution in [0.15, 0.2) is 12.2 Å². The van der Waals surface area contributed by atoms with Crippen LogP contribution >= 0.6 is 0 Å². The molecule has 0 aromatic heterocycles. The summed E-state index contributed by atoms with van der Waals surface area (Å²) in [6.07, 6.45) is 24.0. The lowest BCUT2D eigenvalue weighted by atomic mass is 10.1. The lowest BCUT2D eigenvalue weighted by Crippen LogP contribution is -2.34. The molecule has 1 amide bonds. The highest BCUT2D eigenvalue weighted by atomic mass is 28.3. The van der Waals surface area contributed by atoms with Crippen molar-refractivity contribution >= 4 is 20.0 Å². The number of esters is 1. The number of rotatable bonds is 24. The van der Waals surface area contributed by atoms with Crippen LogP contribution in [0.5, 0.6) is 0 Å². The van der Waals surface area contributed by atoms with E-state index in [0.717, 1.165) is 31.7 Å². The number of amides is 1. The molecule has 6 heteroatoms. The highest BCUT2D eigenvalue weighted by Crippen LogP contribution is 2.11. The summed E-state index contributed by atoms with van der Waals surface area (Å²) in [6, 6.07) is 0.414. The number of nitrogens with one attached hydrogen (secondary N) is 1. The molecule has 3 N–H and O–H groups in total. The van der Waals surface area contributed by atoms with E-state index in [1.165, 1.54) is 70.6 Å². The lowest BCUT2D eigenvalue weighted by molar-refractivity contribution is -0.144. The summed E-state index contributed by atoms with van der Waals surface area (Å²) in [4.78, 5) is 23.9. The molecule has 0 aliphatic carbocycles. The molecule has 0 aliphatic heterocycles. The van der Waals surface area contributed by atoms with E-state index in [1.807, 2.05) is 0 Å². The Morgan fingerprint density at radius 2 is 1.40 bits per heavy atom. The molecule has 0 rings (SSSR count). The van der Waals surface area contributed by atoms with Crippen LogP contribution in [-0.4, -0.2) is 39.1 Å². The van der Waals surface area contributed by atoms with E-state index in [-0.39, 0.29) is 11.9 Å². The maximum absolute atomic E-state index is 12.0. The first kappa shape index (κ1) is 33.9. The van der Waals surface area contributed by atoms with E-state index in [1.54, 1.807) is 0 Å². The molecular weight excluding hydrogens is 452 g/mol. The Morgan fingerprint density at radius 3 is 2.00 bits per heavy atom. The van der Waals surface area contributed by atoms with E-state index in [2.05, 4.69) is 44.0 Å². The van der Waals surface area contributed by atoms with Crippen LogP contribution in [0.25, 0.3) is 0 Å². The number of ether oxygens (including phenoxy) is 1. The molecule has 0 aliphatic rings. The van der Waals surface area contributed by atoms with Crippen LogP contribution in [-0.2, 0) is 14.3 Å². The van der Waals surface area contributed by atoms with Gasteiger partial charge in [0.2, 0.25) is 5.91 Å². The lowest BCUT2D eigenvalue weighted by Gasteiger charge is -2.17. The normalized spacial score (nSPS) is 12.7. The van der Waals surface area contributed by atoms with Gasteiger partial charge in [-0.05, 0) is 57.4 Å². The van der Waals surface area contributed by atoms with E-state index < -0.39 is 14.1 Å². The zero-order valence-electron chi connectivity index (χ0n) is 23.7. The largest absolute Gasteiger partial charge is 0.465 e. The standard InChI is InChI=1S/C29H58N2O3Si/c1-5-6-7-8-9-10-11-12-13-14-15-16-17-18-19-23-28(32)31-24-21-20-22-27(30)29(33)34-25-26-35(2,3)4/h12-13,27H,5-11,14-26,30H2,1-4H3,(H,31,32)/b13-12-/t27-/m0/s1. The second-order valence-corrected chi connectivity index (χ2v) is 16.9. The molecule has 0 bridgehead atoms. The van der Waals surface area contributed by atoms with Crippen molar-refractivity contribution in [2.45, 2.75) is 148 Å². The average Bonchev–Trinajstić information content (AvgIpc) is 2.80. The molecule has 0 saturated heterocycles. The minimum absolute atomic E-state index is 0.137. The molecule has 5 nitrogen and oxygen atoms in total. The first-order chi connectivity index (χ1) is 16.8. The Labute approximate surface area is 218 Å². The fourth-order valence-electron chi connectivity index (χ4n) is 3.84. The quantitative estimate of drug-likeness (QED) is 0.0609. The van der Waals surface area contributed by atoms with Gasteiger partial charge in [-0.1, -0.05) is 90.1 Å².